The van der Waals surface area contributed by atoms with Gasteiger partial charge in [0, 0.05) is 28.6 Å². The number of carbonyl (C=O) groups is 2. The third kappa shape index (κ3) is 5.45. The Morgan fingerprint density at radius 3 is 2.22 bits per heavy atom. The van der Waals surface area contributed by atoms with E-state index in [-0.39, 0.29) is 27.8 Å². The van der Waals surface area contributed by atoms with Crippen LogP contribution < -0.4 is 16.0 Å². The minimum absolute atomic E-state index is 0.00418. The van der Waals surface area contributed by atoms with E-state index in [1.807, 2.05) is 0 Å². The molecule has 162 valence electrons. The number of halogens is 1. The van der Waals surface area contributed by atoms with E-state index in [1.54, 1.807) is 48.5 Å². The molecule has 32 heavy (non-hydrogen) atoms. The number of amides is 2. The van der Waals surface area contributed by atoms with Crippen LogP contribution in [-0.2, 0) is 0 Å². The first-order chi connectivity index (χ1) is 15.3. The zero-order valence-electron chi connectivity index (χ0n) is 16.7. The standard InChI is InChI=1S/C22H17ClN4O4S/c1-13-16(9-5-11-19(13)27(30)31)20(28)26-22(32)25-15-7-4-6-14(12-15)24-21(29)17-8-2-3-10-18(17)23/h2-12H,1H3,(H,24,29)(H2,25,26,28,32). The van der Waals surface area contributed by atoms with Crippen molar-refractivity contribution in [3.05, 3.63) is 98.6 Å². The van der Waals surface area contributed by atoms with E-state index < -0.39 is 10.8 Å². The number of nitro benzene ring substituents is 1. The number of nitro groups is 1. The maximum atomic E-state index is 12.5. The van der Waals surface area contributed by atoms with Crippen LogP contribution in [0.25, 0.3) is 0 Å². The van der Waals surface area contributed by atoms with Gasteiger partial charge >= 0.3 is 0 Å². The van der Waals surface area contributed by atoms with Gasteiger partial charge in [-0.05, 0) is 55.5 Å². The van der Waals surface area contributed by atoms with Gasteiger partial charge in [0.1, 0.15) is 0 Å². The molecule has 0 radical (unpaired) electrons. The van der Waals surface area contributed by atoms with Gasteiger partial charge < -0.3 is 10.6 Å². The topological polar surface area (TPSA) is 113 Å². The second-order valence-corrected chi connectivity index (χ2v) is 7.45. The molecule has 0 saturated carbocycles. The van der Waals surface area contributed by atoms with Crippen LogP contribution in [0.3, 0.4) is 0 Å². The van der Waals surface area contributed by atoms with Gasteiger partial charge in [-0.1, -0.05) is 35.9 Å². The highest BCUT2D eigenvalue weighted by Gasteiger charge is 2.18. The molecule has 0 aliphatic heterocycles. The van der Waals surface area contributed by atoms with E-state index in [2.05, 4.69) is 16.0 Å². The third-order valence-electron chi connectivity index (χ3n) is 4.47. The fourth-order valence-corrected chi connectivity index (χ4v) is 3.35. The lowest BCUT2D eigenvalue weighted by molar-refractivity contribution is -0.385. The molecule has 0 aliphatic rings. The second kappa shape index (κ2) is 9.99. The monoisotopic (exact) mass is 468 g/mol. The number of thiocarbonyl (C=S) groups is 1. The van der Waals surface area contributed by atoms with Crippen molar-refractivity contribution in [1.29, 1.82) is 0 Å². The molecule has 3 N–H and O–H groups in total. The van der Waals surface area contributed by atoms with Crippen LogP contribution in [0.2, 0.25) is 5.02 Å². The molecule has 0 fully saturated rings. The number of hydrogen-bond donors (Lipinski definition) is 3. The summed E-state index contributed by atoms with van der Waals surface area (Å²) in [5.41, 5.74) is 1.57. The highest BCUT2D eigenvalue weighted by atomic mass is 35.5. The molecule has 0 atom stereocenters. The molecule has 0 aliphatic carbocycles. The van der Waals surface area contributed by atoms with E-state index in [0.29, 0.717) is 22.0 Å². The number of anilines is 2. The van der Waals surface area contributed by atoms with E-state index in [0.717, 1.165) is 0 Å². The van der Waals surface area contributed by atoms with Gasteiger partial charge in [-0.3, -0.25) is 25.0 Å². The zero-order valence-corrected chi connectivity index (χ0v) is 18.3. The molecular weight excluding hydrogens is 452 g/mol. The molecule has 8 nitrogen and oxygen atoms in total. The number of benzene rings is 3. The molecule has 2 amide bonds. The van der Waals surface area contributed by atoms with Crippen molar-refractivity contribution >= 4 is 57.8 Å². The predicted molar refractivity (Wildman–Crippen MR) is 127 cm³/mol. The Morgan fingerprint density at radius 1 is 0.906 bits per heavy atom. The Labute approximate surface area is 193 Å². The largest absolute Gasteiger partial charge is 0.332 e. The van der Waals surface area contributed by atoms with Crippen LogP contribution in [-0.4, -0.2) is 21.9 Å². The van der Waals surface area contributed by atoms with Gasteiger partial charge in [0.05, 0.1) is 15.5 Å². The maximum Gasteiger partial charge on any atom is 0.273 e. The van der Waals surface area contributed by atoms with Crippen molar-refractivity contribution in [3.8, 4) is 0 Å². The Bertz CT molecular complexity index is 1230. The Morgan fingerprint density at radius 2 is 1.53 bits per heavy atom. The van der Waals surface area contributed by atoms with Crippen LogP contribution in [0.15, 0.2) is 66.7 Å². The lowest BCUT2D eigenvalue weighted by Gasteiger charge is -2.12. The van der Waals surface area contributed by atoms with Gasteiger partial charge in [0.25, 0.3) is 17.5 Å². The van der Waals surface area contributed by atoms with Crippen LogP contribution in [0, 0.1) is 17.0 Å². The summed E-state index contributed by atoms with van der Waals surface area (Å²) >= 11 is 11.2. The second-order valence-electron chi connectivity index (χ2n) is 6.63. The zero-order chi connectivity index (χ0) is 23.3. The highest BCUT2D eigenvalue weighted by Crippen LogP contribution is 2.22. The first kappa shape index (κ1) is 22.9. The third-order valence-corrected chi connectivity index (χ3v) is 5.00. The Balaban J connectivity index is 1.67. The van der Waals surface area contributed by atoms with Gasteiger partial charge in [-0.2, -0.15) is 0 Å². The van der Waals surface area contributed by atoms with Crippen molar-refractivity contribution in [2.24, 2.45) is 0 Å². The van der Waals surface area contributed by atoms with Gasteiger partial charge in [-0.15, -0.1) is 0 Å². The van der Waals surface area contributed by atoms with E-state index in [1.165, 1.54) is 25.1 Å². The summed E-state index contributed by atoms with van der Waals surface area (Å²) in [6.07, 6.45) is 0. The molecule has 10 heteroatoms. The van der Waals surface area contributed by atoms with Crippen molar-refractivity contribution in [3.63, 3.8) is 0 Å². The number of hydrogen-bond acceptors (Lipinski definition) is 5. The average Bonchev–Trinajstić information content (AvgIpc) is 2.74. The summed E-state index contributed by atoms with van der Waals surface area (Å²) in [6, 6.07) is 17.6. The molecule has 3 rings (SSSR count). The molecule has 3 aromatic rings. The summed E-state index contributed by atoms with van der Waals surface area (Å²) in [7, 11) is 0. The van der Waals surface area contributed by atoms with Crippen molar-refractivity contribution in [2.45, 2.75) is 6.92 Å². The summed E-state index contributed by atoms with van der Waals surface area (Å²) in [4.78, 5) is 35.5. The fourth-order valence-electron chi connectivity index (χ4n) is 2.92. The molecule has 0 heterocycles. The SMILES string of the molecule is Cc1c(C(=O)NC(=S)Nc2cccc(NC(=O)c3ccccc3Cl)c2)cccc1[N+](=O)[O-]. The number of rotatable bonds is 5. The van der Waals surface area contributed by atoms with E-state index in [4.69, 9.17) is 23.8 Å². The van der Waals surface area contributed by atoms with E-state index >= 15 is 0 Å². The highest BCUT2D eigenvalue weighted by molar-refractivity contribution is 7.80. The van der Waals surface area contributed by atoms with Crippen LogP contribution in [0.4, 0.5) is 17.1 Å². The van der Waals surface area contributed by atoms with Crippen LogP contribution in [0.1, 0.15) is 26.3 Å². The minimum Gasteiger partial charge on any atom is -0.332 e. The number of nitrogens with one attached hydrogen (secondary N) is 3. The Kier molecular flexibility index (Phi) is 7.14. The fraction of sp³-hybridized carbons (Fsp3) is 0.0455. The van der Waals surface area contributed by atoms with Crippen LogP contribution in [0.5, 0.6) is 0 Å². The average molecular weight is 469 g/mol. The number of carbonyl (C=O) groups excluding carboxylic acids is 2. The van der Waals surface area contributed by atoms with Crippen molar-refractivity contribution in [2.75, 3.05) is 10.6 Å². The van der Waals surface area contributed by atoms with Crippen molar-refractivity contribution in [1.82, 2.24) is 5.32 Å². The first-order valence-electron chi connectivity index (χ1n) is 9.28. The minimum atomic E-state index is -0.577. The molecular formula is C22H17ClN4O4S. The van der Waals surface area contributed by atoms with Gasteiger partial charge in [0.2, 0.25) is 0 Å². The van der Waals surface area contributed by atoms with Crippen molar-refractivity contribution < 1.29 is 14.5 Å². The van der Waals surface area contributed by atoms with Gasteiger partial charge in [0.15, 0.2) is 5.11 Å². The molecule has 0 unspecified atom stereocenters. The molecule has 3 aromatic carbocycles. The summed E-state index contributed by atoms with van der Waals surface area (Å²) in [5.74, 6) is -0.948. The molecule has 0 spiro atoms. The summed E-state index contributed by atoms with van der Waals surface area (Å²) < 4.78 is 0. The first-order valence-corrected chi connectivity index (χ1v) is 10.1. The van der Waals surface area contributed by atoms with E-state index in [9.17, 15) is 19.7 Å². The lowest BCUT2D eigenvalue weighted by Crippen LogP contribution is -2.34. The summed E-state index contributed by atoms with van der Waals surface area (Å²) in [5, 5.41) is 19.5. The molecule has 0 bridgehead atoms. The summed E-state index contributed by atoms with van der Waals surface area (Å²) in [6.45, 7) is 1.49. The lowest BCUT2D eigenvalue weighted by atomic mass is 10.1. The quantitative estimate of drug-likeness (QED) is 0.278. The van der Waals surface area contributed by atoms with Crippen LogP contribution >= 0.6 is 23.8 Å². The molecule has 0 aromatic heterocycles. The Hall–Kier alpha value is -3.82. The molecule has 0 saturated heterocycles. The smallest absolute Gasteiger partial charge is 0.273 e. The maximum absolute atomic E-state index is 12.5. The van der Waals surface area contributed by atoms with Gasteiger partial charge in [-0.25, -0.2) is 0 Å². The normalized spacial score (nSPS) is 10.2. The predicted octanol–water partition coefficient (Wildman–Crippen LogP) is 4.94. The number of nitrogens with zero attached hydrogens (tertiary/aromatic N) is 1.